The molecule has 0 unspecified atom stereocenters. The van der Waals surface area contributed by atoms with Crippen LogP contribution in [0.4, 0.5) is 68.2 Å². The summed E-state index contributed by atoms with van der Waals surface area (Å²) < 4.78 is 21.6. The number of benzene rings is 16. The van der Waals surface area contributed by atoms with Crippen LogP contribution in [0.1, 0.15) is 0 Å². The van der Waals surface area contributed by atoms with E-state index in [1.165, 1.54) is 98.0 Å². The Morgan fingerprint density at radius 3 is 1.17 bits per heavy atom. The number of rotatable bonds is 7. The maximum absolute atomic E-state index is 6.43. The fourth-order valence-electron chi connectivity index (χ4n) is 18.4. The van der Waals surface area contributed by atoms with Crippen LogP contribution in [0.15, 0.2) is 353 Å². The van der Waals surface area contributed by atoms with Gasteiger partial charge in [0.15, 0.2) is 0 Å². The van der Waals surface area contributed by atoms with Crippen LogP contribution in [0.5, 0.6) is 0 Å². The molecular formula is C96H56B2N4O3S. The average molecular weight is 1370 g/mol. The third kappa shape index (κ3) is 8.30. The molecular weight excluding hydrogens is 1310 g/mol. The van der Waals surface area contributed by atoms with Crippen LogP contribution in [0, 0.1) is 0 Å². The molecule has 0 saturated carbocycles. The second kappa shape index (κ2) is 22.0. The summed E-state index contributed by atoms with van der Waals surface area (Å²) in [5, 5.41) is 9.18. The maximum atomic E-state index is 6.43. The summed E-state index contributed by atoms with van der Waals surface area (Å²) in [5.41, 5.74) is 33.7. The zero-order valence-electron chi connectivity index (χ0n) is 56.9. The first-order chi connectivity index (χ1) is 52.5. The van der Waals surface area contributed by atoms with E-state index in [9.17, 15) is 0 Å². The highest BCUT2D eigenvalue weighted by Crippen LogP contribution is 2.50. The molecule has 0 N–H and O–H groups in total. The molecule has 0 fully saturated rings. The van der Waals surface area contributed by atoms with Crippen molar-refractivity contribution in [3.05, 3.63) is 340 Å². The lowest BCUT2D eigenvalue weighted by Crippen LogP contribution is -2.61. The molecule has 490 valence electrons. The Hall–Kier alpha value is -13.5. The lowest BCUT2D eigenvalue weighted by atomic mass is 9.33. The van der Waals surface area contributed by atoms with E-state index < -0.39 is 0 Å². The molecule has 4 aliphatic rings. The normalized spacial score (nSPS) is 13.4. The smallest absolute Gasteiger partial charge is 0.252 e. The van der Waals surface area contributed by atoms with Crippen LogP contribution in [0.25, 0.3) is 119 Å². The molecule has 16 aromatic carbocycles. The van der Waals surface area contributed by atoms with E-state index in [0.717, 1.165) is 122 Å². The standard InChI is InChI=1S/C96H56B2N4O3S/c1-10-34-87-67(19-1)72-52-59(41-48-90(72)103-87)58-17-13-18-63(51-58)100-82-47-40-60(53-78(82)98-77-26-6-9-29-81(77)102(86-33-16-32-85(100)95(86)98)65-45-50-92-74(56-65)69-21-3-12-36-89(69)105-92)61-39-46-70-71-23-14-22-66(96(71)106-93(70)54-61)57-37-42-62(43-38-57)99-79-27-7-4-24-75(79)97-76-25-5-8-28-80(76)101(84-31-15-30-83(99)94(84)97)64-44-49-91-73(55-64)68-20-2-11-35-88(68)104-91/h1-56H. The molecule has 0 amide bonds. The SMILES string of the molecule is c1cc(-c2ccc3oc4ccccc4c3c2)cc(N2c3ccc(-c4ccc5c(c4)sc4c(-c6ccc(N7c8ccccc8B8c9ccccc9N(c9ccc%10oc%11ccccc%11c%10c9)c9cccc7c98)cc6)cccc45)cc3B3c4ccccc4N(c4ccc5oc6ccccc6c5c4)c4cccc2c43)c1. The van der Waals surface area contributed by atoms with E-state index in [4.69, 9.17) is 13.3 Å². The fourth-order valence-corrected chi connectivity index (χ4v) is 19.7. The van der Waals surface area contributed by atoms with Gasteiger partial charge < -0.3 is 32.9 Å². The second-order valence-electron chi connectivity index (χ2n) is 28.5. The third-order valence-corrected chi connectivity index (χ3v) is 24.2. The molecule has 106 heavy (non-hydrogen) atoms. The molecule has 20 aromatic rings. The number of anilines is 12. The van der Waals surface area contributed by atoms with Crippen molar-refractivity contribution in [2.45, 2.75) is 0 Å². The maximum Gasteiger partial charge on any atom is 0.252 e. The highest BCUT2D eigenvalue weighted by molar-refractivity contribution is 7.26. The van der Waals surface area contributed by atoms with Crippen LogP contribution in [0.2, 0.25) is 0 Å². The van der Waals surface area contributed by atoms with E-state index in [0.29, 0.717) is 0 Å². The van der Waals surface area contributed by atoms with Gasteiger partial charge in [-0.1, -0.05) is 194 Å². The lowest BCUT2D eigenvalue weighted by Gasteiger charge is -2.44. The number of thiophene rings is 1. The Labute approximate surface area is 613 Å². The van der Waals surface area contributed by atoms with Crippen molar-refractivity contribution >= 4 is 212 Å². The van der Waals surface area contributed by atoms with Gasteiger partial charge in [-0.25, -0.2) is 0 Å². The highest BCUT2D eigenvalue weighted by Gasteiger charge is 2.45. The number of hydrogen-bond acceptors (Lipinski definition) is 8. The molecule has 8 heterocycles. The number of para-hydroxylation sites is 6. The van der Waals surface area contributed by atoms with E-state index in [-0.39, 0.29) is 13.4 Å². The molecule has 0 spiro atoms. The predicted octanol–water partition coefficient (Wildman–Crippen LogP) is 22.9. The first-order valence-corrected chi connectivity index (χ1v) is 37.1. The molecule has 0 saturated heterocycles. The Morgan fingerprint density at radius 2 is 0.594 bits per heavy atom. The van der Waals surface area contributed by atoms with Crippen molar-refractivity contribution < 1.29 is 13.3 Å². The molecule has 4 aliphatic heterocycles. The second-order valence-corrected chi connectivity index (χ2v) is 29.6. The van der Waals surface area contributed by atoms with Crippen LogP contribution < -0.4 is 52.4 Å². The topological polar surface area (TPSA) is 52.4 Å². The molecule has 4 aromatic heterocycles. The van der Waals surface area contributed by atoms with Gasteiger partial charge in [0.05, 0.1) is 0 Å². The molecule has 24 rings (SSSR count). The minimum Gasteiger partial charge on any atom is -0.456 e. The van der Waals surface area contributed by atoms with E-state index in [1.807, 2.05) is 29.5 Å². The van der Waals surface area contributed by atoms with Gasteiger partial charge in [0, 0.05) is 121 Å². The summed E-state index contributed by atoms with van der Waals surface area (Å²) in [7, 11) is 0. The number of fused-ring (bicyclic) bond motifs is 20. The van der Waals surface area contributed by atoms with Gasteiger partial charge in [-0.05, 0) is 212 Å². The number of furan rings is 3. The largest absolute Gasteiger partial charge is 0.456 e. The Bertz CT molecular complexity index is 7190. The van der Waals surface area contributed by atoms with E-state index >= 15 is 0 Å². The Morgan fingerprint density at radius 1 is 0.217 bits per heavy atom. The van der Waals surface area contributed by atoms with Gasteiger partial charge >= 0.3 is 0 Å². The van der Waals surface area contributed by atoms with E-state index in [2.05, 4.69) is 341 Å². The average Bonchev–Trinajstić information content (AvgIpc) is 0.945. The Balaban J connectivity index is 0.615. The minimum absolute atomic E-state index is 0.0407. The zero-order chi connectivity index (χ0) is 69.0. The van der Waals surface area contributed by atoms with Gasteiger partial charge in [-0.3, -0.25) is 0 Å². The molecule has 10 heteroatoms. The summed E-state index contributed by atoms with van der Waals surface area (Å²) >= 11 is 1.89. The van der Waals surface area contributed by atoms with Gasteiger partial charge in [0.1, 0.15) is 33.5 Å². The molecule has 0 aliphatic carbocycles. The van der Waals surface area contributed by atoms with Gasteiger partial charge in [0.2, 0.25) is 0 Å². The monoisotopic (exact) mass is 1370 g/mol. The molecule has 0 radical (unpaired) electrons. The molecule has 0 bridgehead atoms. The number of nitrogens with zero attached hydrogens (tertiary/aromatic N) is 4. The quantitative estimate of drug-likeness (QED) is 0.147. The van der Waals surface area contributed by atoms with Crippen molar-refractivity contribution in [3.8, 4) is 33.4 Å². The first kappa shape index (κ1) is 58.0. The summed E-state index contributed by atoms with van der Waals surface area (Å²) in [4.78, 5) is 9.94. The van der Waals surface area contributed by atoms with E-state index in [1.54, 1.807) is 0 Å². The third-order valence-electron chi connectivity index (χ3n) is 23.0. The van der Waals surface area contributed by atoms with Gasteiger partial charge in [0.25, 0.3) is 13.4 Å². The highest BCUT2D eigenvalue weighted by atomic mass is 32.1. The van der Waals surface area contributed by atoms with Crippen LogP contribution in [-0.2, 0) is 0 Å². The van der Waals surface area contributed by atoms with Crippen LogP contribution in [-0.4, -0.2) is 13.4 Å². The van der Waals surface area contributed by atoms with Crippen molar-refractivity contribution in [2.24, 2.45) is 0 Å². The number of hydrogen-bond donors (Lipinski definition) is 0. The minimum atomic E-state index is -0.0798. The van der Waals surface area contributed by atoms with Gasteiger partial charge in [-0.15, -0.1) is 11.3 Å². The fraction of sp³-hybridized carbons (Fsp3) is 0. The summed E-state index contributed by atoms with van der Waals surface area (Å²) in [5.74, 6) is 0. The molecule has 0 atom stereocenters. The Kier molecular flexibility index (Phi) is 12.0. The van der Waals surface area contributed by atoms with Crippen molar-refractivity contribution in [2.75, 3.05) is 19.6 Å². The lowest BCUT2D eigenvalue weighted by molar-refractivity contribution is 0.668. The van der Waals surface area contributed by atoms with Crippen molar-refractivity contribution in [3.63, 3.8) is 0 Å². The molecule has 7 nitrogen and oxygen atoms in total. The first-order valence-electron chi connectivity index (χ1n) is 36.3. The summed E-state index contributed by atoms with van der Waals surface area (Å²) in [6, 6.07) is 125. The van der Waals surface area contributed by atoms with Crippen molar-refractivity contribution in [1.82, 2.24) is 0 Å². The van der Waals surface area contributed by atoms with Crippen LogP contribution >= 0.6 is 11.3 Å². The summed E-state index contributed by atoms with van der Waals surface area (Å²) in [6.07, 6.45) is 0. The predicted molar refractivity (Wildman–Crippen MR) is 446 cm³/mol. The van der Waals surface area contributed by atoms with Crippen LogP contribution in [0.3, 0.4) is 0 Å². The summed E-state index contributed by atoms with van der Waals surface area (Å²) in [6.45, 7) is -0.0390. The van der Waals surface area contributed by atoms with Crippen molar-refractivity contribution in [1.29, 1.82) is 0 Å². The van der Waals surface area contributed by atoms with Gasteiger partial charge in [-0.2, -0.15) is 0 Å². The zero-order valence-corrected chi connectivity index (χ0v) is 57.7.